The van der Waals surface area contributed by atoms with Crippen LogP contribution in [0.3, 0.4) is 0 Å². The summed E-state index contributed by atoms with van der Waals surface area (Å²) in [5.74, 6) is 1.01. The van der Waals surface area contributed by atoms with E-state index < -0.39 is 29.8 Å². The zero-order chi connectivity index (χ0) is 20.5. The van der Waals surface area contributed by atoms with Crippen molar-refractivity contribution in [3.8, 4) is 0 Å². The molecule has 4 rings (SSSR count). The summed E-state index contributed by atoms with van der Waals surface area (Å²) in [6.45, 7) is 5.19. The van der Waals surface area contributed by atoms with Gasteiger partial charge in [0.05, 0.1) is 13.2 Å². The third-order valence-electron chi connectivity index (χ3n) is 6.11. The maximum atomic E-state index is 12.2. The lowest BCUT2D eigenvalue weighted by Crippen LogP contribution is -2.51. The Morgan fingerprint density at radius 3 is 2.04 bits per heavy atom. The number of rotatable bonds is 6. The molecule has 0 aromatic rings. The number of hydrogen-bond donors (Lipinski definition) is 3. The van der Waals surface area contributed by atoms with Gasteiger partial charge in [-0.15, -0.1) is 0 Å². The molecule has 4 bridgehead atoms. The molecular formula is C20H32N2O6. The number of carboxylic acids is 1. The van der Waals surface area contributed by atoms with E-state index >= 15 is 0 Å². The molecule has 1 unspecified atom stereocenters. The van der Waals surface area contributed by atoms with E-state index in [2.05, 4.69) is 10.6 Å². The molecule has 0 aromatic carbocycles. The molecule has 2 amide bonds. The highest BCUT2D eigenvalue weighted by molar-refractivity contribution is 5.81. The van der Waals surface area contributed by atoms with Gasteiger partial charge in [-0.05, 0) is 77.0 Å². The molecule has 8 heteroatoms. The van der Waals surface area contributed by atoms with E-state index in [4.69, 9.17) is 9.47 Å². The van der Waals surface area contributed by atoms with E-state index in [1.807, 2.05) is 0 Å². The standard InChI is InChI=1S/C20H32N2O6/c1-19(2,3)28-17(25)21-10-15(16(23)24)22-18(26)27-11-20-7-12-4-13(8-20)6-14(5-12)9-20/h12-15H,4-11H2,1-3H3,(H,21,25)(H,22,26)(H,23,24). The fourth-order valence-electron chi connectivity index (χ4n) is 5.57. The van der Waals surface area contributed by atoms with Crippen LogP contribution >= 0.6 is 0 Å². The van der Waals surface area contributed by atoms with Crippen LogP contribution in [0.2, 0.25) is 0 Å². The molecular weight excluding hydrogens is 364 g/mol. The van der Waals surface area contributed by atoms with Gasteiger partial charge in [0, 0.05) is 5.41 Å². The van der Waals surface area contributed by atoms with Gasteiger partial charge < -0.3 is 25.2 Å². The van der Waals surface area contributed by atoms with Gasteiger partial charge in [0.25, 0.3) is 0 Å². The van der Waals surface area contributed by atoms with E-state index in [0.29, 0.717) is 6.61 Å². The maximum absolute atomic E-state index is 12.2. The summed E-state index contributed by atoms with van der Waals surface area (Å²) in [6.07, 6.45) is 5.75. The zero-order valence-electron chi connectivity index (χ0n) is 17.0. The lowest BCUT2D eigenvalue weighted by molar-refractivity contribution is -0.139. The number of nitrogens with one attached hydrogen (secondary N) is 2. The summed E-state index contributed by atoms with van der Waals surface area (Å²) in [6, 6.07) is -1.28. The summed E-state index contributed by atoms with van der Waals surface area (Å²) < 4.78 is 10.5. The third-order valence-corrected chi connectivity index (χ3v) is 6.11. The number of alkyl carbamates (subject to hydrolysis) is 2. The fourth-order valence-corrected chi connectivity index (χ4v) is 5.57. The molecule has 28 heavy (non-hydrogen) atoms. The third kappa shape index (κ3) is 5.29. The molecule has 4 fully saturated rings. The molecule has 1 atom stereocenters. The van der Waals surface area contributed by atoms with Crippen molar-refractivity contribution in [1.29, 1.82) is 0 Å². The lowest BCUT2D eigenvalue weighted by atomic mass is 9.50. The van der Waals surface area contributed by atoms with Gasteiger partial charge >= 0.3 is 18.2 Å². The van der Waals surface area contributed by atoms with Gasteiger partial charge in [-0.1, -0.05) is 0 Å². The van der Waals surface area contributed by atoms with Crippen LogP contribution in [-0.2, 0) is 14.3 Å². The van der Waals surface area contributed by atoms with Crippen molar-refractivity contribution in [3.63, 3.8) is 0 Å². The molecule has 0 aliphatic heterocycles. The Bertz CT molecular complexity index is 591. The quantitative estimate of drug-likeness (QED) is 0.636. The second kappa shape index (κ2) is 7.79. The number of amides is 2. The molecule has 4 aliphatic rings. The lowest BCUT2D eigenvalue weighted by Gasteiger charge is -2.56. The maximum Gasteiger partial charge on any atom is 0.407 e. The summed E-state index contributed by atoms with van der Waals surface area (Å²) in [4.78, 5) is 35.3. The minimum absolute atomic E-state index is 0.0690. The average molecular weight is 396 g/mol. The first-order valence-corrected chi connectivity index (χ1v) is 10.2. The topological polar surface area (TPSA) is 114 Å². The van der Waals surface area contributed by atoms with Crippen LogP contribution in [0.1, 0.15) is 59.3 Å². The number of carbonyl (C=O) groups is 3. The first kappa shape index (κ1) is 20.7. The van der Waals surface area contributed by atoms with Gasteiger partial charge in [0.15, 0.2) is 0 Å². The summed E-state index contributed by atoms with van der Waals surface area (Å²) in [7, 11) is 0. The van der Waals surface area contributed by atoms with Crippen molar-refractivity contribution < 1.29 is 29.0 Å². The Morgan fingerprint density at radius 2 is 1.57 bits per heavy atom. The number of ether oxygens (including phenoxy) is 2. The average Bonchev–Trinajstić information content (AvgIpc) is 2.54. The molecule has 8 nitrogen and oxygen atoms in total. The highest BCUT2D eigenvalue weighted by Gasteiger charge is 2.51. The van der Waals surface area contributed by atoms with Crippen LogP contribution in [0.15, 0.2) is 0 Å². The molecule has 4 saturated carbocycles. The van der Waals surface area contributed by atoms with E-state index in [1.54, 1.807) is 20.8 Å². The predicted octanol–water partition coefficient (Wildman–Crippen LogP) is 2.91. The van der Waals surface area contributed by atoms with Crippen LogP contribution in [0.4, 0.5) is 9.59 Å². The summed E-state index contributed by atoms with van der Waals surface area (Å²) in [5, 5.41) is 14.0. The van der Waals surface area contributed by atoms with Crippen molar-refractivity contribution in [2.75, 3.05) is 13.2 Å². The van der Waals surface area contributed by atoms with Crippen molar-refractivity contribution in [1.82, 2.24) is 10.6 Å². The highest BCUT2D eigenvalue weighted by atomic mass is 16.6. The van der Waals surface area contributed by atoms with Crippen LogP contribution < -0.4 is 10.6 Å². The molecule has 0 heterocycles. The smallest absolute Gasteiger partial charge is 0.407 e. The fraction of sp³-hybridized carbons (Fsp3) is 0.850. The van der Waals surface area contributed by atoms with Gasteiger partial charge in [-0.3, -0.25) is 0 Å². The largest absolute Gasteiger partial charge is 0.480 e. The monoisotopic (exact) mass is 396 g/mol. The first-order chi connectivity index (χ1) is 13.0. The Morgan fingerprint density at radius 1 is 1.04 bits per heavy atom. The Labute approximate surface area is 165 Å². The zero-order valence-corrected chi connectivity index (χ0v) is 17.0. The molecule has 0 saturated heterocycles. The van der Waals surface area contributed by atoms with E-state index in [9.17, 15) is 19.5 Å². The normalized spacial score (nSPS) is 31.8. The van der Waals surface area contributed by atoms with Crippen molar-refractivity contribution >= 4 is 18.2 Å². The second-order valence-corrected chi connectivity index (χ2v) is 9.91. The molecule has 158 valence electrons. The number of carbonyl (C=O) groups excluding carboxylic acids is 2. The molecule has 4 aliphatic carbocycles. The Balaban J connectivity index is 1.45. The van der Waals surface area contributed by atoms with Crippen molar-refractivity contribution in [2.24, 2.45) is 23.2 Å². The minimum Gasteiger partial charge on any atom is -0.480 e. The van der Waals surface area contributed by atoms with Crippen LogP contribution in [0.25, 0.3) is 0 Å². The summed E-state index contributed by atoms with van der Waals surface area (Å²) >= 11 is 0. The van der Waals surface area contributed by atoms with E-state index in [1.165, 1.54) is 19.3 Å². The second-order valence-electron chi connectivity index (χ2n) is 9.91. The van der Waals surface area contributed by atoms with Crippen LogP contribution in [-0.4, -0.2) is 48.1 Å². The van der Waals surface area contributed by atoms with Crippen LogP contribution in [0.5, 0.6) is 0 Å². The van der Waals surface area contributed by atoms with Gasteiger partial charge in [-0.2, -0.15) is 0 Å². The molecule has 0 aromatic heterocycles. The first-order valence-electron chi connectivity index (χ1n) is 10.2. The number of carboxylic acid groups (broad SMARTS) is 1. The number of aliphatic carboxylic acids is 1. The highest BCUT2D eigenvalue weighted by Crippen LogP contribution is 2.60. The Kier molecular flexibility index (Phi) is 5.77. The van der Waals surface area contributed by atoms with E-state index in [0.717, 1.165) is 37.0 Å². The molecule has 0 radical (unpaired) electrons. The molecule has 0 spiro atoms. The SMILES string of the molecule is CC(C)(C)OC(=O)NCC(NC(=O)OCC12CC3CC(CC(C3)C1)C2)C(=O)O. The minimum atomic E-state index is -1.28. The Hall–Kier alpha value is -1.99. The van der Waals surface area contributed by atoms with Gasteiger partial charge in [-0.25, -0.2) is 14.4 Å². The summed E-state index contributed by atoms with van der Waals surface area (Å²) in [5.41, 5.74) is -0.618. The van der Waals surface area contributed by atoms with Crippen LogP contribution in [0, 0.1) is 23.2 Å². The molecule has 3 N–H and O–H groups in total. The van der Waals surface area contributed by atoms with E-state index in [-0.39, 0.29) is 12.0 Å². The number of hydrogen-bond acceptors (Lipinski definition) is 5. The van der Waals surface area contributed by atoms with Crippen molar-refractivity contribution in [2.45, 2.75) is 70.9 Å². The van der Waals surface area contributed by atoms with Gasteiger partial charge in [0.1, 0.15) is 11.6 Å². The predicted molar refractivity (Wildman–Crippen MR) is 101 cm³/mol. The van der Waals surface area contributed by atoms with Gasteiger partial charge in [0.2, 0.25) is 0 Å². The van der Waals surface area contributed by atoms with Crippen molar-refractivity contribution in [3.05, 3.63) is 0 Å².